The number of carbonyl (C=O) groups excluding carboxylic acids is 1. The van der Waals surface area contributed by atoms with Crippen LogP contribution < -0.4 is 5.32 Å². The lowest BCUT2D eigenvalue weighted by atomic mass is 10.3. The highest BCUT2D eigenvalue weighted by molar-refractivity contribution is 6.01. The average Bonchev–Trinajstić information content (AvgIpc) is 2.86. The number of aliphatic hydroxyl groups is 1. The predicted molar refractivity (Wildman–Crippen MR) is 74.2 cm³/mol. The molecule has 20 heavy (non-hydrogen) atoms. The summed E-state index contributed by atoms with van der Waals surface area (Å²) in [6.45, 7) is 1.79. The summed E-state index contributed by atoms with van der Waals surface area (Å²) in [7, 11) is 0. The third-order valence-electron chi connectivity index (χ3n) is 2.41. The molecule has 1 amide bonds. The molecule has 0 fully saturated rings. The van der Waals surface area contributed by atoms with Gasteiger partial charge in [0, 0.05) is 6.42 Å². The number of aryl methyl sites for hydroxylation is 1. The standard InChI is InChI=1S/C15H14N2O3/c1-11-8-9-13(20-11)15(19)17-14-7-4-6-12(16-14)5-2-3-10-18/h4,6-9,18H,3,10H2,1H3,(H,16,17,19). The number of furan rings is 1. The zero-order valence-corrected chi connectivity index (χ0v) is 11.0. The third-order valence-corrected chi connectivity index (χ3v) is 2.41. The van der Waals surface area contributed by atoms with Crippen LogP contribution in [-0.2, 0) is 0 Å². The first-order chi connectivity index (χ1) is 9.69. The second-order valence-corrected chi connectivity index (χ2v) is 4.05. The summed E-state index contributed by atoms with van der Waals surface area (Å²) in [5.74, 6) is 6.54. The van der Waals surface area contributed by atoms with E-state index in [4.69, 9.17) is 9.52 Å². The smallest absolute Gasteiger partial charge is 0.292 e. The Kier molecular flexibility index (Phi) is 4.53. The number of aliphatic hydroxyl groups excluding tert-OH is 1. The van der Waals surface area contributed by atoms with Gasteiger partial charge in [0.25, 0.3) is 5.91 Å². The molecule has 5 heteroatoms. The van der Waals surface area contributed by atoms with Crippen LogP contribution in [0.1, 0.15) is 28.4 Å². The Balaban J connectivity index is 2.08. The lowest BCUT2D eigenvalue weighted by Gasteiger charge is -2.02. The van der Waals surface area contributed by atoms with Crippen LogP contribution in [0.4, 0.5) is 5.82 Å². The normalized spacial score (nSPS) is 9.70. The van der Waals surface area contributed by atoms with E-state index in [-0.39, 0.29) is 18.3 Å². The molecular formula is C15H14N2O3. The Labute approximate surface area is 116 Å². The molecule has 0 bridgehead atoms. The Morgan fingerprint density at radius 2 is 2.25 bits per heavy atom. The van der Waals surface area contributed by atoms with E-state index in [2.05, 4.69) is 22.1 Å². The van der Waals surface area contributed by atoms with Crippen LogP contribution in [0, 0.1) is 18.8 Å². The number of nitrogens with one attached hydrogen (secondary N) is 1. The van der Waals surface area contributed by atoms with Crippen molar-refractivity contribution in [2.45, 2.75) is 13.3 Å². The van der Waals surface area contributed by atoms with Crippen LogP contribution in [-0.4, -0.2) is 22.6 Å². The summed E-state index contributed by atoms with van der Waals surface area (Å²) in [5, 5.41) is 11.3. The first-order valence-electron chi connectivity index (χ1n) is 6.13. The number of anilines is 1. The van der Waals surface area contributed by atoms with Crippen molar-refractivity contribution in [2.75, 3.05) is 11.9 Å². The molecule has 0 spiro atoms. The van der Waals surface area contributed by atoms with Crippen LogP contribution >= 0.6 is 0 Å². The van der Waals surface area contributed by atoms with Crippen molar-refractivity contribution < 1.29 is 14.3 Å². The van der Waals surface area contributed by atoms with E-state index in [9.17, 15) is 4.79 Å². The molecule has 0 atom stereocenters. The van der Waals surface area contributed by atoms with Gasteiger partial charge in [0.05, 0.1) is 6.61 Å². The molecule has 0 aliphatic heterocycles. The Bertz CT molecular complexity index is 665. The Hall–Kier alpha value is -2.58. The van der Waals surface area contributed by atoms with Gasteiger partial charge in [0.15, 0.2) is 5.76 Å². The predicted octanol–water partition coefficient (Wildman–Crippen LogP) is 1.97. The molecule has 0 unspecified atom stereocenters. The van der Waals surface area contributed by atoms with Gasteiger partial charge < -0.3 is 14.8 Å². The van der Waals surface area contributed by atoms with E-state index in [1.165, 1.54) is 0 Å². The van der Waals surface area contributed by atoms with Crippen molar-refractivity contribution in [3.63, 3.8) is 0 Å². The van der Waals surface area contributed by atoms with E-state index < -0.39 is 0 Å². The lowest BCUT2D eigenvalue weighted by molar-refractivity contribution is 0.0995. The number of pyridine rings is 1. The van der Waals surface area contributed by atoms with E-state index in [1.807, 2.05) is 0 Å². The minimum Gasteiger partial charge on any atom is -0.456 e. The molecule has 0 aliphatic carbocycles. The topological polar surface area (TPSA) is 75.4 Å². The monoisotopic (exact) mass is 270 g/mol. The summed E-state index contributed by atoms with van der Waals surface area (Å²) in [5.41, 5.74) is 0.534. The molecule has 2 heterocycles. The van der Waals surface area contributed by atoms with Gasteiger partial charge in [-0.25, -0.2) is 4.98 Å². The zero-order chi connectivity index (χ0) is 14.4. The minimum atomic E-state index is -0.355. The maximum Gasteiger partial charge on any atom is 0.292 e. The van der Waals surface area contributed by atoms with Gasteiger partial charge in [0.1, 0.15) is 17.3 Å². The second-order valence-electron chi connectivity index (χ2n) is 4.05. The van der Waals surface area contributed by atoms with Gasteiger partial charge in [-0.15, -0.1) is 0 Å². The number of carbonyl (C=O) groups is 1. The van der Waals surface area contributed by atoms with Crippen molar-refractivity contribution >= 4 is 11.7 Å². The summed E-state index contributed by atoms with van der Waals surface area (Å²) in [4.78, 5) is 16.1. The Morgan fingerprint density at radius 3 is 2.95 bits per heavy atom. The zero-order valence-electron chi connectivity index (χ0n) is 11.0. The number of nitrogens with zero attached hydrogens (tertiary/aromatic N) is 1. The molecule has 2 rings (SSSR count). The van der Waals surface area contributed by atoms with Crippen LogP contribution in [0.15, 0.2) is 34.7 Å². The molecule has 0 aromatic carbocycles. The first kappa shape index (κ1) is 13.8. The Morgan fingerprint density at radius 1 is 1.40 bits per heavy atom. The van der Waals surface area contributed by atoms with Gasteiger partial charge >= 0.3 is 0 Å². The summed E-state index contributed by atoms with van der Waals surface area (Å²) >= 11 is 0. The molecule has 2 N–H and O–H groups in total. The van der Waals surface area contributed by atoms with Crippen LogP contribution in [0.5, 0.6) is 0 Å². The van der Waals surface area contributed by atoms with E-state index in [1.54, 1.807) is 37.3 Å². The van der Waals surface area contributed by atoms with E-state index >= 15 is 0 Å². The van der Waals surface area contributed by atoms with E-state index in [0.29, 0.717) is 23.7 Å². The fourth-order valence-electron chi connectivity index (χ4n) is 1.52. The van der Waals surface area contributed by atoms with Crippen LogP contribution in [0.3, 0.4) is 0 Å². The molecule has 0 radical (unpaired) electrons. The first-order valence-corrected chi connectivity index (χ1v) is 6.13. The molecule has 5 nitrogen and oxygen atoms in total. The molecular weight excluding hydrogens is 256 g/mol. The highest BCUT2D eigenvalue weighted by Crippen LogP contribution is 2.10. The quantitative estimate of drug-likeness (QED) is 0.836. The molecule has 2 aromatic heterocycles. The second kappa shape index (κ2) is 6.55. The fraction of sp³-hybridized carbons (Fsp3) is 0.200. The summed E-state index contributed by atoms with van der Waals surface area (Å²) < 4.78 is 5.23. The largest absolute Gasteiger partial charge is 0.456 e. The van der Waals surface area contributed by atoms with Crippen molar-refractivity contribution in [3.05, 3.63) is 47.5 Å². The van der Waals surface area contributed by atoms with E-state index in [0.717, 1.165) is 0 Å². The fourth-order valence-corrected chi connectivity index (χ4v) is 1.52. The molecule has 0 saturated heterocycles. The van der Waals surface area contributed by atoms with Gasteiger partial charge in [-0.1, -0.05) is 12.0 Å². The van der Waals surface area contributed by atoms with Gasteiger partial charge in [-0.3, -0.25) is 4.79 Å². The van der Waals surface area contributed by atoms with Gasteiger partial charge in [-0.05, 0) is 37.1 Å². The molecule has 2 aromatic rings. The van der Waals surface area contributed by atoms with Crippen LogP contribution in [0.2, 0.25) is 0 Å². The van der Waals surface area contributed by atoms with Crippen molar-refractivity contribution in [1.82, 2.24) is 4.98 Å². The number of hydrogen-bond acceptors (Lipinski definition) is 4. The number of rotatable bonds is 3. The highest BCUT2D eigenvalue weighted by atomic mass is 16.3. The summed E-state index contributed by atoms with van der Waals surface area (Å²) in [6, 6.07) is 8.48. The van der Waals surface area contributed by atoms with Gasteiger partial charge in [0.2, 0.25) is 0 Å². The van der Waals surface area contributed by atoms with Gasteiger partial charge in [-0.2, -0.15) is 0 Å². The molecule has 0 aliphatic rings. The van der Waals surface area contributed by atoms with Crippen molar-refractivity contribution in [2.24, 2.45) is 0 Å². The highest BCUT2D eigenvalue weighted by Gasteiger charge is 2.10. The number of aromatic nitrogens is 1. The molecule has 0 saturated carbocycles. The van der Waals surface area contributed by atoms with Crippen LogP contribution in [0.25, 0.3) is 0 Å². The maximum atomic E-state index is 11.9. The SMILES string of the molecule is Cc1ccc(C(=O)Nc2cccc(C#CCCO)n2)o1. The number of amides is 1. The molecule has 102 valence electrons. The van der Waals surface area contributed by atoms with Crippen molar-refractivity contribution in [1.29, 1.82) is 0 Å². The lowest BCUT2D eigenvalue weighted by Crippen LogP contribution is -2.12. The summed E-state index contributed by atoms with van der Waals surface area (Å²) in [6.07, 6.45) is 0.393. The third kappa shape index (κ3) is 3.70. The van der Waals surface area contributed by atoms with Crippen molar-refractivity contribution in [3.8, 4) is 11.8 Å². The maximum absolute atomic E-state index is 11.9. The number of hydrogen-bond donors (Lipinski definition) is 2. The average molecular weight is 270 g/mol. The minimum absolute atomic E-state index is 0.0152.